The third kappa shape index (κ3) is 3.05. The first kappa shape index (κ1) is 21.8. The molecule has 0 atom stereocenters. The molecule has 0 saturated heterocycles. The molecule has 0 unspecified atom stereocenters. The van der Waals surface area contributed by atoms with Crippen molar-refractivity contribution in [2.24, 2.45) is 0 Å². The number of hydrogen-bond acceptors (Lipinski definition) is 4. The van der Waals surface area contributed by atoms with Gasteiger partial charge in [0, 0.05) is 41.9 Å². The van der Waals surface area contributed by atoms with E-state index in [1.165, 1.54) is 30.9 Å². The number of benzene rings is 6. The first-order valence-corrected chi connectivity index (χ1v) is 14.2. The largest absolute Gasteiger partial charge is 0.455 e. The van der Waals surface area contributed by atoms with E-state index in [0.717, 1.165) is 49.7 Å². The van der Waals surface area contributed by atoms with Crippen LogP contribution in [0.1, 0.15) is 0 Å². The number of para-hydroxylation sites is 2. The van der Waals surface area contributed by atoms with Crippen LogP contribution >= 0.6 is 11.3 Å². The van der Waals surface area contributed by atoms with Crippen LogP contribution in [-0.2, 0) is 0 Å². The lowest BCUT2D eigenvalue weighted by Gasteiger charge is -2.11. The smallest absolute Gasteiger partial charge is 0.164 e. The highest BCUT2D eigenvalue weighted by molar-refractivity contribution is 7.26. The first-order chi connectivity index (χ1) is 19.8. The van der Waals surface area contributed by atoms with E-state index in [0.29, 0.717) is 5.82 Å². The lowest BCUT2D eigenvalue weighted by Crippen LogP contribution is -1.96. The Kier molecular flexibility index (Phi) is 4.48. The average molecular weight is 529 g/mol. The number of aromatic nitrogens is 2. The molecule has 3 heterocycles. The number of nitrogens with zero attached hydrogens (tertiary/aromatic N) is 2. The van der Waals surface area contributed by atoms with Crippen LogP contribution in [0.15, 0.2) is 126 Å². The van der Waals surface area contributed by atoms with E-state index in [4.69, 9.17) is 14.4 Å². The molecule has 6 aromatic carbocycles. The number of rotatable bonds is 2. The van der Waals surface area contributed by atoms with Crippen molar-refractivity contribution in [3.8, 4) is 22.6 Å². The summed E-state index contributed by atoms with van der Waals surface area (Å²) in [5.41, 5.74) is 5.54. The summed E-state index contributed by atoms with van der Waals surface area (Å²) < 4.78 is 8.93. The molecule has 3 nitrogen and oxygen atoms in total. The highest BCUT2D eigenvalue weighted by Gasteiger charge is 2.20. The zero-order valence-corrected chi connectivity index (χ0v) is 22.1. The van der Waals surface area contributed by atoms with Crippen molar-refractivity contribution in [3.63, 3.8) is 0 Å². The van der Waals surface area contributed by atoms with E-state index in [2.05, 4.69) is 97.1 Å². The van der Waals surface area contributed by atoms with E-state index in [1.807, 2.05) is 35.6 Å². The molecule has 9 aromatic rings. The van der Waals surface area contributed by atoms with Crippen LogP contribution < -0.4 is 0 Å². The van der Waals surface area contributed by atoms with Crippen LogP contribution in [0, 0.1) is 0 Å². The van der Waals surface area contributed by atoms with Gasteiger partial charge in [0.1, 0.15) is 11.2 Å². The summed E-state index contributed by atoms with van der Waals surface area (Å²) in [6.07, 6.45) is 0. The van der Waals surface area contributed by atoms with E-state index in [1.54, 1.807) is 0 Å². The zero-order valence-electron chi connectivity index (χ0n) is 21.3. The maximum absolute atomic E-state index is 6.41. The third-order valence-corrected chi connectivity index (χ3v) is 9.09. The Labute approximate surface area is 233 Å². The molecular formula is C36H20N2OS. The number of thiophene rings is 1. The fourth-order valence-electron chi connectivity index (χ4n) is 6.04. The van der Waals surface area contributed by atoms with Gasteiger partial charge in [0.2, 0.25) is 0 Å². The summed E-state index contributed by atoms with van der Waals surface area (Å²) in [4.78, 5) is 10.5. The molecule has 0 aliphatic carbocycles. The highest BCUT2D eigenvalue weighted by Crippen LogP contribution is 2.43. The minimum absolute atomic E-state index is 0.670. The molecule has 0 aliphatic rings. The SMILES string of the molecule is c1ccc(-c2nc(-c3cccc4c3oc3ccccc34)nc3c2ccc2sc4c5ccccc5ccc4c23)cc1. The third-order valence-electron chi connectivity index (χ3n) is 7.88. The fraction of sp³-hybridized carbons (Fsp3) is 0. The molecular weight excluding hydrogens is 508 g/mol. The molecule has 3 aromatic heterocycles. The monoisotopic (exact) mass is 528 g/mol. The standard InChI is InChI=1S/C36H20N2OS/c1-2-10-22(11-3-1)32-27-19-20-30-31(26-18-17-21-9-4-5-12-23(21)35(26)40-30)33(27)38-36(37-32)28-15-8-14-25-24-13-6-7-16-29(24)39-34(25)28/h1-20H. The maximum atomic E-state index is 6.41. The van der Waals surface area contributed by atoms with Gasteiger partial charge in [0.05, 0.1) is 16.8 Å². The van der Waals surface area contributed by atoms with Gasteiger partial charge in [0.25, 0.3) is 0 Å². The van der Waals surface area contributed by atoms with Gasteiger partial charge in [-0.15, -0.1) is 11.3 Å². The molecule has 0 bridgehead atoms. The lowest BCUT2D eigenvalue weighted by atomic mass is 10.0. The molecule has 9 rings (SSSR count). The Hall–Kier alpha value is -5.06. The number of hydrogen-bond donors (Lipinski definition) is 0. The molecule has 0 spiro atoms. The summed E-state index contributed by atoms with van der Waals surface area (Å²) in [6.45, 7) is 0. The van der Waals surface area contributed by atoms with E-state index >= 15 is 0 Å². The fourth-order valence-corrected chi connectivity index (χ4v) is 7.28. The van der Waals surface area contributed by atoms with Crippen molar-refractivity contribution in [1.29, 1.82) is 0 Å². The quantitative estimate of drug-likeness (QED) is 0.224. The lowest BCUT2D eigenvalue weighted by molar-refractivity contribution is 0.669. The summed E-state index contributed by atoms with van der Waals surface area (Å²) in [5, 5.41) is 8.16. The highest BCUT2D eigenvalue weighted by atomic mass is 32.1. The normalized spacial score (nSPS) is 12.0. The Morgan fingerprint density at radius 1 is 0.550 bits per heavy atom. The van der Waals surface area contributed by atoms with Crippen LogP contribution in [-0.4, -0.2) is 9.97 Å². The van der Waals surface area contributed by atoms with E-state index < -0.39 is 0 Å². The van der Waals surface area contributed by atoms with E-state index in [9.17, 15) is 0 Å². The Morgan fingerprint density at radius 3 is 2.25 bits per heavy atom. The average Bonchev–Trinajstić information content (AvgIpc) is 3.60. The molecule has 0 saturated carbocycles. The topological polar surface area (TPSA) is 38.9 Å². The summed E-state index contributed by atoms with van der Waals surface area (Å²) >= 11 is 1.84. The first-order valence-electron chi connectivity index (χ1n) is 13.3. The molecule has 4 heteroatoms. The van der Waals surface area contributed by atoms with Crippen LogP contribution in [0.5, 0.6) is 0 Å². The summed E-state index contributed by atoms with van der Waals surface area (Å²) in [6, 6.07) is 42.3. The van der Waals surface area contributed by atoms with Gasteiger partial charge in [-0.3, -0.25) is 0 Å². The second-order valence-electron chi connectivity index (χ2n) is 10.1. The Bertz CT molecular complexity index is 2440. The van der Waals surface area contributed by atoms with Crippen LogP contribution in [0.4, 0.5) is 0 Å². The van der Waals surface area contributed by atoms with Gasteiger partial charge >= 0.3 is 0 Å². The van der Waals surface area contributed by atoms with E-state index in [-0.39, 0.29) is 0 Å². The van der Waals surface area contributed by atoms with Gasteiger partial charge in [0.15, 0.2) is 5.82 Å². The number of fused-ring (bicyclic) bond motifs is 10. The minimum atomic E-state index is 0.670. The van der Waals surface area contributed by atoms with Crippen molar-refractivity contribution in [2.75, 3.05) is 0 Å². The molecule has 0 N–H and O–H groups in total. The van der Waals surface area contributed by atoms with Gasteiger partial charge in [-0.2, -0.15) is 0 Å². The van der Waals surface area contributed by atoms with Crippen LogP contribution in [0.25, 0.3) is 86.4 Å². The maximum Gasteiger partial charge on any atom is 0.164 e. The second kappa shape index (κ2) is 8.22. The van der Waals surface area contributed by atoms with Crippen molar-refractivity contribution in [1.82, 2.24) is 9.97 Å². The molecule has 0 fully saturated rings. The predicted molar refractivity (Wildman–Crippen MR) is 168 cm³/mol. The van der Waals surface area contributed by atoms with Gasteiger partial charge in [-0.05, 0) is 35.0 Å². The number of furan rings is 1. The molecule has 0 radical (unpaired) electrons. The van der Waals surface area contributed by atoms with Gasteiger partial charge < -0.3 is 4.42 Å². The summed E-state index contributed by atoms with van der Waals surface area (Å²) in [7, 11) is 0. The molecule has 0 amide bonds. The Balaban J connectivity index is 1.44. The van der Waals surface area contributed by atoms with Crippen LogP contribution in [0.2, 0.25) is 0 Å². The van der Waals surface area contributed by atoms with Gasteiger partial charge in [-0.25, -0.2) is 9.97 Å². The Morgan fingerprint density at radius 2 is 1.32 bits per heavy atom. The van der Waals surface area contributed by atoms with Crippen LogP contribution in [0.3, 0.4) is 0 Å². The van der Waals surface area contributed by atoms with Crippen molar-refractivity contribution in [2.45, 2.75) is 0 Å². The molecule has 0 aliphatic heterocycles. The second-order valence-corrected chi connectivity index (χ2v) is 11.2. The van der Waals surface area contributed by atoms with Crippen molar-refractivity contribution >= 4 is 75.1 Å². The molecule has 40 heavy (non-hydrogen) atoms. The van der Waals surface area contributed by atoms with Crippen molar-refractivity contribution in [3.05, 3.63) is 121 Å². The minimum Gasteiger partial charge on any atom is -0.455 e. The predicted octanol–water partition coefficient (Wildman–Crippen LogP) is 10.4. The molecule has 186 valence electrons. The van der Waals surface area contributed by atoms with Gasteiger partial charge in [-0.1, -0.05) is 97.1 Å². The summed E-state index contributed by atoms with van der Waals surface area (Å²) in [5.74, 6) is 0.670. The van der Waals surface area contributed by atoms with Crippen molar-refractivity contribution < 1.29 is 4.42 Å². The zero-order chi connectivity index (χ0) is 26.2.